The Balaban J connectivity index is 2.32. The predicted molar refractivity (Wildman–Crippen MR) is 70.8 cm³/mol. The number of aliphatic hydroxyl groups excluding tert-OH is 1. The van der Waals surface area contributed by atoms with Gasteiger partial charge in [-0.15, -0.1) is 0 Å². The minimum absolute atomic E-state index is 0.0741. The number of benzene rings is 1. The van der Waals surface area contributed by atoms with Crippen molar-refractivity contribution in [3.8, 4) is 11.1 Å². The molecule has 0 unspecified atom stereocenters. The Bertz CT molecular complexity index is 571. The van der Waals surface area contributed by atoms with Crippen LogP contribution in [0.5, 0.6) is 0 Å². The molecule has 2 rings (SSSR count). The molecule has 1 aromatic carbocycles. The highest BCUT2D eigenvalue weighted by Gasteiger charge is 2.13. The summed E-state index contributed by atoms with van der Waals surface area (Å²) in [4.78, 5) is 11.8. The monoisotopic (exact) mass is 260 g/mol. The normalized spacial score (nSPS) is 10.5. The van der Waals surface area contributed by atoms with E-state index in [0.29, 0.717) is 5.56 Å². The van der Waals surface area contributed by atoms with Gasteiger partial charge in [-0.05, 0) is 31.5 Å². The number of nitrogens with zero attached hydrogens (tertiary/aromatic N) is 1. The van der Waals surface area contributed by atoms with Crippen molar-refractivity contribution in [2.24, 2.45) is 0 Å². The van der Waals surface area contributed by atoms with Crippen LogP contribution in [-0.2, 0) is 0 Å². The number of hydrogen-bond acceptors (Lipinski definition) is 4. The molecule has 0 saturated heterocycles. The van der Waals surface area contributed by atoms with Gasteiger partial charge in [0.25, 0.3) is 5.91 Å². The molecule has 0 aliphatic carbocycles. The van der Waals surface area contributed by atoms with E-state index in [1.54, 1.807) is 12.1 Å². The lowest BCUT2D eigenvalue weighted by Crippen LogP contribution is -2.26. The molecule has 5 heteroatoms. The molecule has 1 heterocycles. The molecule has 2 N–H and O–H groups in total. The highest BCUT2D eigenvalue weighted by Crippen LogP contribution is 2.27. The van der Waals surface area contributed by atoms with E-state index in [4.69, 9.17) is 9.63 Å². The van der Waals surface area contributed by atoms with Gasteiger partial charge in [0.15, 0.2) is 0 Å². The number of amides is 1. The third-order valence-electron chi connectivity index (χ3n) is 2.84. The largest absolute Gasteiger partial charge is 0.395 e. The van der Waals surface area contributed by atoms with Gasteiger partial charge in [0.05, 0.1) is 12.3 Å². The van der Waals surface area contributed by atoms with E-state index in [-0.39, 0.29) is 19.1 Å². The summed E-state index contributed by atoms with van der Waals surface area (Å²) in [7, 11) is 0. The predicted octanol–water partition coefficient (Wildman–Crippen LogP) is 1.68. The first-order valence-electron chi connectivity index (χ1n) is 6.06. The molecule has 1 amide bonds. The number of aromatic nitrogens is 1. The Kier molecular flexibility index (Phi) is 3.97. The van der Waals surface area contributed by atoms with E-state index in [0.717, 1.165) is 22.6 Å². The molecule has 0 fully saturated rings. The first-order valence-corrected chi connectivity index (χ1v) is 6.06. The van der Waals surface area contributed by atoms with E-state index in [2.05, 4.69) is 10.5 Å². The van der Waals surface area contributed by atoms with E-state index in [9.17, 15) is 4.79 Å². The van der Waals surface area contributed by atoms with Crippen LogP contribution < -0.4 is 5.32 Å². The molecule has 0 aliphatic heterocycles. The Morgan fingerprint density at radius 2 is 2.21 bits per heavy atom. The maximum absolute atomic E-state index is 11.8. The summed E-state index contributed by atoms with van der Waals surface area (Å²) < 4.78 is 5.13. The van der Waals surface area contributed by atoms with E-state index in [1.165, 1.54) is 0 Å². The quantitative estimate of drug-likeness (QED) is 0.877. The van der Waals surface area contributed by atoms with Gasteiger partial charge in [-0.3, -0.25) is 4.79 Å². The van der Waals surface area contributed by atoms with Gasteiger partial charge < -0.3 is 14.9 Å². The molecule has 19 heavy (non-hydrogen) atoms. The molecule has 1 aromatic heterocycles. The standard InChI is InChI=1S/C14H16N2O3/c1-9-13(10(2)19-16-9)11-4-3-5-12(8-11)14(18)15-6-7-17/h3-5,8,17H,6-7H2,1-2H3,(H,15,18). The molecular weight excluding hydrogens is 244 g/mol. The van der Waals surface area contributed by atoms with E-state index < -0.39 is 0 Å². The highest BCUT2D eigenvalue weighted by atomic mass is 16.5. The average molecular weight is 260 g/mol. The molecule has 2 aromatic rings. The van der Waals surface area contributed by atoms with Crippen molar-refractivity contribution in [1.29, 1.82) is 0 Å². The second-order valence-corrected chi connectivity index (χ2v) is 4.26. The van der Waals surface area contributed by atoms with Crippen LogP contribution in [0.25, 0.3) is 11.1 Å². The maximum Gasteiger partial charge on any atom is 0.251 e. The summed E-state index contributed by atoms with van der Waals surface area (Å²) in [6.45, 7) is 3.88. The van der Waals surface area contributed by atoms with Crippen LogP contribution in [0.2, 0.25) is 0 Å². The Morgan fingerprint density at radius 3 is 2.84 bits per heavy atom. The number of aliphatic hydroxyl groups is 1. The van der Waals surface area contributed by atoms with Crippen molar-refractivity contribution in [3.05, 3.63) is 41.3 Å². The topological polar surface area (TPSA) is 75.4 Å². The average Bonchev–Trinajstić information content (AvgIpc) is 2.75. The SMILES string of the molecule is Cc1noc(C)c1-c1cccc(C(=O)NCCO)c1. The summed E-state index contributed by atoms with van der Waals surface area (Å²) in [6, 6.07) is 7.25. The van der Waals surface area contributed by atoms with Crippen molar-refractivity contribution in [1.82, 2.24) is 10.5 Å². The van der Waals surface area contributed by atoms with Gasteiger partial charge in [-0.1, -0.05) is 17.3 Å². The number of nitrogens with one attached hydrogen (secondary N) is 1. The number of rotatable bonds is 4. The maximum atomic E-state index is 11.8. The minimum atomic E-state index is -0.206. The summed E-state index contributed by atoms with van der Waals surface area (Å²) in [6.07, 6.45) is 0. The molecule has 0 aliphatic rings. The lowest BCUT2D eigenvalue weighted by atomic mass is 10.0. The summed E-state index contributed by atoms with van der Waals surface area (Å²) in [5.41, 5.74) is 3.15. The minimum Gasteiger partial charge on any atom is -0.395 e. The molecule has 0 saturated carbocycles. The second kappa shape index (κ2) is 5.67. The second-order valence-electron chi connectivity index (χ2n) is 4.26. The Labute approximate surface area is 111 Å². The van der Waals surface area contributed by atoms with Crippen LogP contribution in [0.3, 0.4) is 0 Å². The van der Waals surface area contributed by atoms with Gasteiger partial charge in [-0.2, -0.15) is 0 Å². The van der Waals surface area contributed by atoms with Crippen LogP contribution in [0.15, 0.2) is 28.8 Å². The zero-order chi connectivity index (χ0) is 13.8. The highest BCUT2D eigenvalue weighted by molar-refractivity contribution is 5.95. The fourth-order valence-electron chi connectivity index (χ4n) is 1.98. The number of hydrogen-bond donors (Lipinski definition) is 2. The van der Waals surface area contributed by atoms with E-state index >= 15 is 0 Å². The van der Waals surface area contributed by atoms with Crippen molar-refractivity contribution in [3.63, 3.8) is 0 Å². The molecule has 0 atom stereocenters. The fourth-order valence-corrected chi connectivity index (χ4v) is 1.98. The van der Waals surface area contributed by atoms with Gasteiger partial charge in [0.1, 0.15) is 5.76 Å². The van der Waals surface area contributed by atoms with Gasteiger partial charge in [0, 0.05) is 17.7 Å². The molecule has 0 bridgehead atoms. The smallest absolute Gasteiger partial charge is 0.251 e. The molecule has 0 radical (unpaired) electrons. The van der Waals surface area contributed by atoms with Crippen LogP contribution in [0.4, 0.5) is 0 Å². The van der Waals surface area contributed by atoms with Crippen LogP contribution in [0.1, 0.15) is 21.8 Å². The van der Waals surface area contributed by atoms with Crippen molar-refractivity contribution in [2.75, 3.05) is 13.2 Å². The number of carbonyl (C=O) groups is 1. The van der Waals surface area contributed by atoms with Gasteiger partial charge in [0.2, 0.25) is 0 Å². The zero-order valence-electron chi connectivity index (χ0n) is 10.9. The first kappa shape index (κ1) is 13.3. The third kappa shape index (κ3) is 2.82. The Morgan fingerprint density at radius 1 is 1.42 bits per heavy atom. The summed E-state index contributed by atoms with van der Waals surface area (Å²) in [5, 5.41) is 15.2. The van der Waals surface area contributed by atoms with Gasteiger partial charge >= 0.3 is 0 Å². The molecule has 0 spiro atoms. The molecule has 5 nitrogen and oxygen atoms in total. The van der Waals surface area contributed by atoms with Gasteiger partial charge in [-0.25, -0.2) is 0 Å². The van der Waals surface area contributed by atoms with E-state index in [1.807, 2.05) is 26.0 Å². The third-order valence-corrected chi connectivity index (χ3v) is 2.84. The molecule has 100 valence electrons. The number of aryl methyl sites for hydroxylation is 2. The van der Waals surface area contributed by atoms with Crippen LogP contribution >= 0.6 is 0 Å². The zero-order valence-corrected chi connectivity index (χ0v) is 10.9. The lowest BCUT2D eigenvalue weighted by Gasteiger charge is -2.06. The van der Waals surface area contributed by atoms with Crippen molar-refractivity contribution >= 4 is 5.91 Å². The summed E-state index contributed by atoms with van der Waals surface area (Å²) >= 11 is 0. The molecular formula is C14H16N2O3. The number of carbonyl (C=O) groups excluding carboxylic acids is 1. The van der Waals surface area contributed by atoms with Crippen molar-refractivity contribution < 1.29 is 14.4 Å². The lowest BCUT2D eigenvalue weighted by molar-refractivity contribution is 0.0945. The summed E-state index contributed by atoms with van der Waals surface area (Å²) in [5.74, 6) is 0.521. The first-order chi connectivity index (χ1) is 9.13. The fraction of sp³-hybridized carbons (Fsp3) is 0.286. The van der Waals surface area contributed by atoms with Crippen molar-refractivity contribution in [2.45, 2.75) is 13.8 Å². The Hall–Kier alpha value is -2.14. The van der Waals surface area contributed by atoms with Crippen LogP contribution in [0, 0.1) is 13.8 Å². The van der Waals surface area contributed by atoms with Crippen LogP contribution in [-0.4, -0.2) is 29.3 Å².